The Hall–Kier alpha value is -1.92. The fourth-order valence-corrected chi connectivity index (χ4v) is 5.02. The van der Waals surface area contributed by atoms with Gasteiger partial charge < -0.3 is 20.2 Å². The molecule has 172 valence electrons. The maximum absolute atomic E-state index is 13.0. The molecule has 2 fully saturated rings. The Bertz CT molecular complexity index is 714. The van der Waals surface area contributed by atoms with E-state index in [0.29, 0.717) is 19.4 Å². The Morgan fingerprint density at radius 3 is 2.39 bits per heavy atom. The van der Waals surface area contributed by atoms with Crippen LogP contribution in [-0.4, -0.2) is 70.6 Å². The smallest absolute Gasteiger partial charge is 0.248 e. The summed E-state index contributed by atoms with van der Waals surface area (Å²) in [5.41, 5.74) is 0.670. The number of rotatable bonds is 10. The van der Waals surface area contributed by atoms with E-state index < -0.39 is 17.7 Å². The van der Waals surface area contributed by atoms with Gasteiger partial charge in [-0.25, -0.2) is 0 Å². The number of carbonyl (C=O) groups is 2. The van der Waals surface area contributed by atoms with E-state index in [1.165, 1.54) is 31.2 Å². The number of carbonyl (C=O) groups excluding carboxylic acids is 2. The third-order valence-corrected chi connectivity index (χ3v) is 6.90. The lowest BCUT2D eigenvalue weighted by Gasteiger charge is -2.52. The zero-order chi connectivity index (χ0) is 22.3. The average molecular weight is 430 g/mol. The number of benzene rings is 1. The molecular weight excluding hydrogens is 390 g/mol. The number of hydrogen-bond donors (Lipinski definition) is 2. The zero-order valence-electron chi connectivity index (χ0n) is 19.2. The summed E-state index contributed by atoms with van der Waals surface area (Å²) >= 11 is 0. The van der Waals surface area contributed by atoms with Gasteiger partial charge in [0, 0.05) is 19.6 Å². The molecule has 2 heterocycles. The van der Waals surface area contributed by atoms with Gasteiger partial charge in [0.05, 0.1) is 6.10 Å². The molecule has 0 aromatic heterocycles. The molecule has 2 atom stereocenters. The highest BCUT2D eigenvalue weighted by molar-refractivity contribution is 6.00. The van der Waals surface area contributed by atoms with Gasteiger partial charge in [-0.3, -0.25) is 9.59 Å². The van der Waals surface area contributed by atoms with Crippen LogP contribution in [0.15, 0.2) is 30.3 Å². The highest BCUT2D eigenvalue weighted by atomic mass is 16.3. The molecule has 1 spiro atoms. The minimum absolute atomic E-state index is 0.0907. The van der Waals surface area contributed by atoms with Gasteiger partial charge in [-0.2, -0.15) is 0 Å². The van der Waals surface area contributed by atoms with Gasteiger partial charge in [0.1, 0.15) is 11.6 Å². The first kappa shape index (κ1) is 23.7. The molecule has 0 bridgehead atoms. The summed E-state index contributed by atoms with van der Waals surface area (Å²) in [6.45, 7) is 6.89. The first-order valence-electron chi connectivity index (χ1n) is 12.0. The fourth-order valence-electron chi connectivity index (χ4n) is 5.02. The molecule has 2 saturated heterocycles. The van der Waals surface area contributed by atoms with Crippen molar-refractivity contribution in [3.8, 4) is 0 Å². The Morgan fingerprint density at radius 1 is 1.06 bits per heavy atom. The van der Waals surface area contributed by atoms with Gasteiger partial charge in [0.25, 0.3) is 0 Å². The predicted octanol–water partition coefficient (Wildman–Crippen LogP) is 2.74. The second kappa shape index (κ2) is 11.1. The van der Waals surface area contributed by atoms with Crippen LogP contribution >= 0.6 is 0 Å². The third-order valence-electron chi connectivity index (χ3n) is 6.90. The molecule has 1 aromatic carbocycles. The van der Waals surface area contributed by atoms with Crippen LogP contribution in [0.5, 0.6) is 0 Å². The summed E-state index contributed by atoms with van der Waals surface area (Å²) in [5.74, 6) is -0.227. The number of unbranched alkanes of at least 4 members (excludes halogenated alkanes) is 3. The first-order valence-corrected chi connectivity index (χ1v) is 12.0. The molecule has 0 unspecified atom stereocenters. The number of nitrogens with zero attached hydrogens (tertiary/aromatic N) is 2. The van der Waals surface area contributed by atoms with E-state index in [1.807, 2.05) is 6.92 Å². The first-order chi connectivity index (χ1) is 15.0. The number of hydrogen-bond acceptors (Lipinski definition) is 4. The zero-order valence-corrected chi connectivity index (χ0v) is 19.2. The molecule has 2 amide bonds. The van der Waals surface area contributed by atoms with Crippen molar-refractivity contribution in [2.45, 2.75) is 82.9 Å². The number of likely N-dealkylation sites (tertiary alicyclic amines) is 1. The molecule has 6 heteroatoms. The summed E-state index contributed by atoms with van der Waals surface area (Å²) in [6, 6.07) is 9.84. The molecule has 0 radical (unpaired) electrons. The van der Waals surface area contributed by atoms with Crippen molar-refractivity contribution in [1.29, 1.82) is 0 Å². The normalized spacial score (nSPS) is 22.5. The monoisotopic (exact) mass is 429 g/mol. The number of amides is 2. The lowest BCUT2D eigenvalue weighted by atomic mass is 9.81. The van der Waals surface area contributed by atoms with Crippen LogP contribution in [0, 0.1) is 0 Å². The van der Waals surface area contributed by atoms with E-state index in [0.717, 1.165) is 32.5 Å². The van der Waals surface area contributed by atoms with Gasteiger partial charge in [0.2, 0.25) is 11.8 Å². The van der Waals surface area contributed by atoms with Crippen molar-refractivity contribution in [1.82, 2.24) is 15.1 Å². The van der Waals surface area contributed by atoms with Crippen molar-refractivity contribution in [3.63, 3.8) is 0 Å². The summed E-state index contributed by atoms with van der Waals surface area (Å²) in [4.78, 5) is 30.2. The van der Waals surface area contributed by atoms with E-state index in [-0.39, 0.29) is 11.8 Å². The topological polar surface area (TPSA) is 72.9 Å². The third kappa shape index (κ3) is 5.66. The lowest BCUT2D eigenvalue weighted by Crippen LogP contribution is -2.74. The van der Waals surface area contributed by atoms with Crippen molar-refractivity contribution >= 4 is 11.8 Å². The average Bonchev–Trinajstić information content (AvgIpc) is 2.78. The number of nitrogens with one attached hydrogen (secondary N) is 1. The molecule has 0 saturated carbocycles. The van der Waals surface area contributed by atoms with Crippen molar-refractivity contribution in [2.75, 3.05) is 26.2 Å². The molecule has 2 N–H and O–H groups in total. The maximum Gasteiger partial charge on any atom is 0.248 e. The number of aliphatic hydroxyl groups excluding tert-OH is 1. The van der Waals surface area contributed by atoms with E-state index in [1.54, 1.807) is 11.8 Å². The van der Waals surface area contributed by atoms with E-state index >= 15 is 0 Å². The van der Waals surface area contributed by atoms with Crippen LogP contribution in [0.3, 0.4) is 0 Å². The quantitative estimate of drug-likeness (QED) is 0.561. The van der Waals surface area contributed by atoms with Crippen LogP contribution in [0.25, 0.3) is 0 Å². The standard InChI is InChI=1S/C25H39N3O3/c1-3-16-28-23(30)22(20(2)29)26-24(31)25(28)14-18-27(19-15-25)17-10-5-4-7-11-21-12-8-6-9-13-21/h6,8-9,12-13,20,22,29H,3-5,7,10-11,14-19H2,1-2H3,(H,26,31)/t20-,22+/m1/s1. The predicted molar refractivity (Wildman–Crippen MR) is 123 cm³/mol. The molecule has 1 aromatic rings. The summed E-state index contributed by atoms with van der Waals surface area (Å²) in [6.07, 6.45) is 7.30. The molecule has 2 aliphatic heterocycles. The van der Waals surface area contributed by atoms with Gasteiger partial charge in [-0.15, -0.1) is 0 Å². The Labute approximate surface area is 187 Å². The van der Waals surface area contributed by atoms with Crippen LogP contribution in [0.4, 0.5) is 0 Å². The van der Waals surface area contributed by atoms with E-state index in [4.69, 9.17) is 0 Å². The number of piperazine rings is 1. The summed E-state index contributed by atoms with van der Waals surface area (Å²) in [5, 5.41) is 12.7. The van der Waals surface area contributed by atoms with E-state index in [9.17, 15) is 14.7 Å². The Balaban J connectivity index is 1.44. The second-order valence-electron chi connectivity index (χ2n) is 9.20. The molecular formula is C25H39N3O3. The minimum Gasteiger partial charge on any atom is -0.391 e. The molecule has 3 rings (SSSR count). The van der Waals surface area contributed by atoms with Crippen LogP contribution in [0.2, 0.25) is 0 Å². The van der Waals surface area contributed by atoms with E-state index in [2.05, 4.69) is 40.5 Å². The lowest BCUT2D eigenvalue weighted by molar-refractivity contribution is -0.164. The van der Waals surface area contributed by atoms with Gasteiger partial charge in [-0.1, -0.05) is 50.1 Å². The van der Waals surface area contributed by atoms with Gasteiger partial charge in [-0.05, 0) is 57.6 Å². The molecule has 6 nitrogen and oxygen atoms in total. The van der Waals surface area contributed by atoms with Crippen LogP contribution in [0.1, 0.15) is 64.4 Å². The summed E-state index contributed by atoms with van der Waals surface area (Å²) < 4.78 is 0. The molecule has 2 aliphatic rings. The van der Waals surface area contributed by atoms with Gasteiger partial charge >= 0.3 is 0 Å². The largest absolute Gasteiger partial charge is 0.391 e. The molecule has 0 aliphatic carbocycles. The highest BCUT2D eigenvalue weighted by Gasteiger charge is 2.53. The fraction of sp³-hybridized carbons (Fsp3) is 0.680. The minimum atomic E-state index is -0.880. The van der Waals surface area contributed by atoms with Crippen LogP contribution in [-0.2, 0) is 16.0 Å². The maximum atomic E-state index is 13.0. The molecule has 31 heavy (non-hydrogen) atoms. The van der Waals surface area contributed by atoms with Crippen molar-refractivity contribution in [3.05, 3.63) is 35.9 Å². The second-order valence-corrected chi connectivity index (χ2v) is 9.20. The number of aliphatic hydroxyl groups is 1. The number of aryl methyl sites for hydroxylation is 1. The Morgan fingerprint density at radius 2 is 1.74 bits per heavy atom. The Kier molecular flexibility index (Phi) is 8.50. The number of piperidine rings is 1. The highest BCUT2D eigenvalue weighted by Crippen LogP contribution is 2.33. The van der Waals surface area contributed by atoms with Gasteiger partial charge in [0.15, 0.2) is 0 Å². The van der Waals surface area contributed by atoms with Crippen molar-refractivity contribution in [2.24, 2.45) is 0 Å². The van der Waals surface area contributed by atoms with Crippen molar-refractivity contribution < 1.29 is 14.7 Å². The van der Waals surface area contributed by atoms with Crippen LogP contribution < -0.4 is 5.32 Å². The SMILES string of the molecule is CCCN1C(=O)[C@H]([C@@H](C)O)NC(=O)C12CCN(CCCCCCc1ccccc1)CC2. The summed E-state index contributed by atoms with van der Waals surface area (Å²) in [7, 11) is 0.